The molecule has 0 amide bonds. The van der Waals surface area contributed by atoms with Crippen LogP contribution in [0.3, 0.4) is 0 Å². The highest BCUT2D eigenvalue weighted by Crippen LogP contribution is 2.14. The summed E-state index contributed by atoms with van der Waals surface area (Å²) in [4.78, 5) is 33.0. The first kappa shape index (κ1) is 51.7. The van der Waals surface area contributed by atoms with E-state index in [1.165, 1.54) is 154 Å². The number of hydrogen-bond acceptors (Lipinski definition) is 7. The third-order valence-electron chi connectivity index (χ3n) is 8.81. The Morgan fingerprint density at radius 1 is 0.442 bits per heavy atom. The van der Waals surface area contributed by atoms with Crippen LogP contribution in [0.5, 0.6) is 0 Å². The lowest BCUT2D eigenvalue weighted by atomic mass is 10.0. The molecule has 1 atom stereocenters. The van der Waals surface area contributed by atoms with Crippen molar-refractivity contribution in [2.24, 2.45) is 0 Å². The molecule has 304 valence electrons. The summed E-state index contributed by atoms with van der Waals surface area (Å²) in [6.45, 7) is 22.3. The highest BCUT2D eigenvalue weighted by molar-refractivity contribution is 5.87. The van der Waals surface area contributed by atoms with Crippen LogP contribution in [0.25, 0.3) is 0 Å². The van der Waals surface area contributed by atoms with Gasteiger partial charge in [-0.15, -0.1) is 0 Å². The summed E-state index contributed by atoms with van der Waals surface area (Å²) >= 11 is 0. The topological polar surface area (TPSA) is 91.4 Å². The molecule has 1 saturated heterocycles. The van der Waals surface area contributed by atoms with E-state index in [0.717, 1.165) is 12.8 Å². The van der Waals surface area contributed by atoms with Crippen molar-refractivity contribution in [3.8, 4) is 0 Å². The van der Waals surface area contributed by atoms with E-state index in [1.807, 2.05) is 0 Å². The van der Waals surface area contributed by atoms with Crippen molar-refractivity contribution in [1.29, 1.82) is 0 Å². The molecule has 0 aromatic rings. The van der Waals surface area contributed by atoms with Gasteiger partial charge in [0.25, 0.3) is 0 Å². The molecule has 0 aromatic carbocycles. The normalized spacial score (nSPS) is 12.8. The van der Waals surface area contributed by atoms with E-state index in [4.69, 9.17) is 18.9 Å². The first-order chi connectivity index (χ1) is 25.1. The van der Waals surface area contributed by atoms with Crippen LogP contribution in [0.4, 0.5) is 0 Å². The van der Waals surface area contributed by atoms with Crippen LogP contribution in [0.15, 0.2) is 36.5 Å². The summed E-state index contributed by atoms with van der Waals surface area (Å²) in [5.74, 6) is -0.850. The molecule has 1 fully saturated rings. The van der Waals surface area contributed by atoms with Gasteiger partial charge in [0.2, 0.25) is 0 Å². The number of hydrogen-bond donors (Lipinski definition) is 0. The van der Waals surface area contributed by atoms with Crippen molar-refractivity contribution < 1.29 is 33.3 Å². The monoisotopic (exact) mass is 735 g/mol. The largest absolute Gasteiger partial charge is 0.462 e. The maximum atomic E-state index is 11.2. The quantitative estimate of drug-likeness (QED) is 0.0218. The maximum absolute atomic E-state index is 11.2. The number of unbranched alkanes of at least 4 members (excludes halogenated alkanes) is 24. The van der Waals surface area contributed by atoms with Crippen LogP contribution < -0.4 is 0 Å². The third kappa shape index (κ3) is 42.0. The van der Waals surface area contributed by atoms with Crippen molar-refractivity contribution in [2.75, 3.05) is 26.4 Å². The fourth-order valence-electron chi connectivity index (χ4n) is 5.27. The molecule has 1 heterocycles. The number of rotatable bonds is 33. The maximum Gasteiger partial charge on any atom is 0.333 e. The Balaban J connectivity index is 0. The van der Waals surface area contributed by atoms with E-state index < -0.39 is 0 Å². The van der Waals surface area contributed by atoms with E-state index in [-0.39, 0.29) is 24.0 Å². The Morgan fingerprint density at radius 3 is 0.904 bits per heavy atom. The highest BCUT2D eigenvalue weighted by Gasteiger charge is 2.24. The summed E-state index contributed by atoms with van der Waals surface area (Å²) < 4.78 is 19.7. The molecule has 1 unspecified atom stereocenters. The number of epoxide rings is 1. The van der Waals surface area contributed by atoms with Crippen LogP contribution in [0.2, 0.25) is 0 Å². The lowest BCUT2D eigenvalue weighted by molar-refractivity contribution is -0.140. The molecule has 0 radical (unpaired) electrons. The van der Waals surface area contributed by atoms with Crippen molar-refractivity contribution >= 4 is 17.9 Å². The standard InChI is InChI=1S/C22H42O2.C16H30O2.C7H10O3/c1-4-5-6-7-8-9-10-11-12-13-14-15-16-17-18-19-20-24-22(23)21(2)3;1-4-5-6-7-8-9-10-11-12-13-14-18-16(17)15(2)3;1-5(2)7(8)10-4-6-3-9-6/h2,4-20H2,1,3H3;2,4-14H2,1,3H3;6H,1,3-4H2,2H3. The second-order valence-corrected chi connectivity index (χ2v) is 14.7. The summed E-state index contributed by atoms with van der Waals surface area (Å²) in [5, 5.41) is 0. The van der Waals surface area contributed by atoms with Gasteiger partial charge in [-0.3, -0.25) is 0 Å². The molecule has 7 heteroatoms. The zero-order valence-corrected chi connectivity index (χ0v) is 34.8. The molecule has 0 spiro atoms. The Morgan fingerprint density at radius 2 is 0.673 bits per heavy atom. The number of esters is 3. The SMILES string of the molecule is C=C(C)C(=O)OCC1CO1.C=C(C)C(=O)OCCCCCCCCCCCC.C=C(C)C(=O)OCCCCCCCCCCCCCCCCCC. The van der Waals surface area contributed by atoms with Gasteiger partial charge in [0, 0.05) is 16.7 Å². The number of carbonyl (C=O) groups excluding carboxylic acids is 3. The lowest BCUT2D eigenvalue weighted by Crippen LogP contribution is -2.09. The molecular formula is C45H82O7. The molecule has 0 saturated carbocycles. The molecule has 52 heavy (non-hydrogen) atoms. The Labute approximate surface area is 321 Å². The first-order valence-corrected chi connectivity index (χ1v) is 21.2. The second-order valence-electron chi connectivity index (χ2n) is 14.7. The molecule has 0 aliphatic carbocycles. The molecule has 0 bridgehead atoms. The molecule has 1 aliphatic heterocycles. The fraction of sp³-hybridized carbons (Fsp3) is 0.800. The van der Waals surface area contributed by atoms with Gasteiger partial charge < -0.3 is 18.9 Å². The van der Waals surface area contributed by atoms with Crippen LogP contribution in [-0.2, 0) is 33.3 Å². The molecule has 1 aliphatic rings. The van der Waals surface area contributed by atoms with Gasteiger partial charge in [-0.1, -0.05) is 188 Å². The first-order valence-electron chi connectivity index (χ1n) is 21.2. The molecule has 0 aromatic heterocycles. The molecule has 1 rings (SSSR count). The predicted octanol–water partition coefficient (Wildman–Crippen LogP) is 12.9. The van der Waals surface area contributed by atoms with Gasteiger partial charge in [-0.25, -0.2) is 14.4 Å². The van der Waals surface area contributed by atoms with E-state index in [2.05, 4.69) is 33.6 Å². The fourth-order valence-corrected chi connectivity index (χ4v) is 5.27. The Bertz CT molecular complexity index is 905. The van der Waals surface area contributed by atoms with Gasteiger partial charge in [-0.05, 0) is 33.6 Å². The summed E-state index contributed by atoms with van der Waals surface area (Å²) in [6.07, 6.45) is 34.8. The second kappa shape index (κ2) is 39.8. The average Bonchev–Trinajstić information content (AvgIpc) is 3.96. The van der Waals surface area contributed by atoms with E-state index in [1.54, 1.807) is 20.8 Å². The van der Waals surface area contributed by atoms with Gasteiger partial charge in [0.15, 0.2) is 0 Å². The van der Waals surface area contributed by atoms with Gasteiger partial charge in [0.05, 0.1) is 19.8 Å². The minimum Gasteiger partial charge on any atom is -0.462 e. The number of ether oxygens (including phenoxy) is 4. The zero-order chi connectivity index (χ0) is 39.1. The van der Waals surface area contributed by atoms with Crippen LogP contribution in [0, 0.1) is 0 Å². The van der Waals surface area contributed by atoms with Crippen LogP contribution >= 0.6 is 0 Å². The zero-order valence-electron chi connectivity index (χ0n) is 34.8. The van der Waals surface area contributed by atoms with Crippen molar-refractivity contribution in [2.45, 2.75) is 208 Å². The average molecular weight is 735 g/mol. The van der Waals surface area contributed by atoms with Crippen molar-refractivity contribution in [3.63, 3.8) is 0 Å². The van der Waals surface area contributed by atoms with E-state index >= 15 is 0 Å². The van der Waals surface area contributed by atoms with Gasteiger partial charge >= 0.3 is 17.9 Å². The third-order valence-corrected chi connectivity index (χ3v) is 8.81. The van der Waals surface area contributed by atoms with E-state index in [9.17, 15) is 14.4 Å². The Hall–Kier alpha value is -2.41. The lowest BCUT2D eigenvalue weighted by Gasteiger charge is -2.05. The van der Waals surface area contributed by atoms with E-state index in [0.29, 0.717) is 43.1 Å². The summed E-state index contributed by atoms with van der Waals surface area (Å²) in [6, 6.07) is 0. The summed E-state index contributed by atoms with van der Waals surface area (Å²) in [5.41, 5.74) is 1.41. The van der Waals surface area contributed by atoms with Gasteiger partial charge in [-0.2, -0.15) is 0 Å². The minimum atomic E-state index is -0.337. The summed E-state index contributed by atoms with van der Waals surface area (Å²) in [7, 11) is 0. The smallest absolute Gasteiger partial charge is 0.333 e. The highest BCUT2D eigenvalue weighted by atomic mass is 16.6. The van der Waals surface area contributed by atoms with Crippen molar-refractivity contribution in [1.82, 2.24) is 0 Å². The minimum absolute atomic E-state index is 0.142. The molecule has 7 nitrogen and oxygen atoms in total. The predicted molar refractivity (Wildman–Crippen MR) is 218 cm³/mol. The molecule has 0 N–H and O–H groups in total. The number of carbonyl (C=O) groups is 3. The van der Waals surface area contributed by atoms with Crippen LogP contribution in [-0.4, -0.2) is 50.4 Å². The Kier molecular flexibility index (Phi) is 39.6. The van der Waals surface area contributed by atoms with Gasteiger partial charge in [0.1, 0.15) is 12.7 Å². The van der Waals surface area contributed by atoms with Crippen LogP contribution in [0.1, 0.15) is 202 Å². The van der Waals surface area contributed by atoms with Crippen molar-refractivity contribution in [3.05, 3.63) is 36.5 Å². The molecular weight excluding hydrogens is 652 g/mol.